The summed E-state index contributed by atoms with van der Waals surface area (Å²) >= 11 is 0. The summed E-state index contributed by atoms with van der Waals surface area (Å²) in [6, 6.07) is 18.9. The van der Waals surface area contributed by atoms with Crippen LogP contribution in [0.15, 0.2) is 78.0 Å². The van der Waals surface area contributed by atoms with Crippen molar-refractivity contribution >= 4 is 22.7 Å². The zero-order chi connectivity index (χ0) is 19.5. The van der Waals surface area contributed by atoms with E-state index in [9.17, 15) is 10.1 Å². The fourth-order valence-electron chi connectivity index (χ4n) is 3.13. The number of aromatic nitrogens is 3. The minimum Gasteiger partial charge on any atom is -0.268 e. The predicted octanol–water partition coefficient (Wildman–Crippen LogP) is 4.15. The van der Waals surface area contributed by atoms with E-state index in [1.807, 2.05) is 43.3 Å². The number of hydrogen-bond donors (Lipinski definition) is 0. The molecule has 0 radical (unpaired) electrons. The molecule has 3 aromatic heterocycles. The largest absolute Gasteiger partial charge is 0.268 e. The third-order valence-electron chi connectivity index (χ3n) is 4.44. The number of fused-ring (bicyclic) bond motifs is 1. The maximum absolute atomic E-state index is 13.3. The van der Waals surface area contributed by atoms with Crippen LogP contribution in [0, 0.1) is 18.3 Å². The van der Waals surface area contributed by atoms with E-state index >= 15 is 0 Å². The lowest BCUT2D eigenvalue weighted by molar-refractivity contribution is 1.01. The molecule has 0 bridgehead atoms. The smallest absolute Gasteiger partial charge is 0.264 e. The van der Waals surface area contributed by atoms with Crippen molar-refractivity contribution in [2.75, 3.05) is 0 Å². The Kier molecular flexibility index (Phi) is 4.53. The van der Waals surface area contributed by atoms with Crippen LogP contribution in [-0.4, -0.2) is 14.5 Å². The third-order valence-corrected chi connectivity index (χ3v) is 4.44. The Morgan fingerprint density at radius 3 is 2.71 bits per heavy atom. The Labute approximate surface area is 161 Å². The summed E-state index contributed by atoms with van der Waals surface area (Å²) in [5.41, 5.74) is 3.60. The number of benzene rings is 1. The van der Waals surface area contributed by atoms with Gasteiger partial charge in [-0.15, -0.1) is 0 Å². The second-order valence-electron chi connectivity index (χ2n) is 6.41. The van der Waals surface area contributed by atoms with Crippen molar-refractivity contribution in [1.29, 1.82) is 5.26 Å². The van der Waals surface area contributed by atoms with Crippen molar-refractivity contribution in [1.82, 2.24) is 14.5 Å². The fraction of sp³-hybridized carbons (Fsp3) is 0.0435. The molecular formula is C23H16N4O. The fourth-order valence-corrected chi connectivity index (χ4v) is 3.13. The van der Waals surface area contributed by atoms with Crippen molar-refractivity contribution in [3.05, 3.63) is 100 Å². The number of rotatable bonds is 3. The quantitative estimate of drug-likeness (QED) is 0.512. The summed E-state index contributed by atoms with van der Waals surface area (Å²) in [7, 11) is 0. The summed E-state index contributed by atoms with van der Waals surface area (Å²) in [5.74, 6) is 0. The van der Waals surface area contributed by atoms with Gasteiger partial charge in [0.05, 0.1) is 17.3 Å². The van der Waals surface area contributed by atoms with Crippen LogP contribution >= 0.6 is 0 Å². The van der Waals surface area contributed by atoms with E-state index in [1.165, 1.54) is 0 Å². The number of hydrogen-bond acceptors (Lipinski definition) is 4. The van der Waals surface area contributed by atoms with Crippen LogP contribution in [0.2, 0.25) is 0 Å². The SMILES string of the molecule is Cc1cccc(-n2c(=O)c(/C=C(\C#N)c3cccnc3)cc3cccnc32)c1. The lowest BCUT2D eigenvalue weighted by atomic mass is 10.1. The highest BCUT2D eigenvalue weighted by molar-refractivity contribution is 5.91. The average molecular weight is 364 g/mol. The molecule has 0 saturated carbocycles. The molecular weight excluding hydrogens is 348 g/mol. The predicted molar refractivity (Wildman–Crippen MR) is 110 cm³/mol. The van der Waals surface area contributed by atoms with Crippen molar-refractivity contribution in [3.8, 4) is 11.8 Å². The molecule has 3 heterocycles. The zero-order valence-electron chi connectivity index (χ0n) is 15.2. The highest BCUT2D eigenvalue weighted by Gasteiger charge is 2.12. The van der Waals surface area contributed by atoms with Gasteiger partial charge in [0.2, 0.25) is 0 Å². The highest BCUT2D eigenvalue weighted by Crippen LogP contribution is 2.20. The number of nitriles is 1. The van der Waals surface area contributed by atoms with Crippen molar-refractivity contribution in [3.63, 3.8) is 0 Å². The first-order valence-electron chi connectivity index (χ1n) is 8.77. The van der Waals surface area contributed by atoms with E-state index in [4.69, 9.17) is 0 Å². The molecule has 0 aliphatic heterocycles. The zero-order valence-corrected chi connectivity index (χ0v) is 15.2. The van der Waals surface area contributed by atoms with Gasteiger partial charge < -0.3 is 0 Å². The molecule has 0 unspecified atom stereocenters. The molecule has 0 aliphatic carbocycles. The lowest BCUT2D eigenvalue weighted by Crippen LogP contribution is -2.21. The molecule has 4 aromatic rings. The molecule has 134 valence electrons. The van der Waals surface area contributed by atoms with Crippen molar-refractivity contribution < 1.29 is 0 Å². The van der Waals surface area contributed by atoms with Gasteiger partial charge in [0.1, 0.15) is 5.65 Å². The van der Waals surface area contributed by atoms with Gasteiger partial charge in [0, 0.05) is 35.1 Å². The van der Waals surface area contributed by atoms with Crippen LogP contribution in [0.3, 0.4) is 0 Å². The molecule has 0 saturated heterocycles. The van der Waals surface area contributed by atoms with E-state index < -0.39 is 0 Å². The summed E-state index contributed by atoms with van der Waals surface area (Å²) < 4.78 is 1.59. The second kappa shape index (κ2) is 7.29. The Morgan fingerprint density at radius 1 is 1.11 bits per heavy atom. The van der Waals surface area contributed by atoms with Crippen LogP contribution in [0.1, 0.15) is 16.7 Å². The van der Waals surface area contributed by atoms with Crippen LogP contribution in [-0.2, 0) is 0 Å². The standard InChI is InChI=1S/C23H16N4O/c1-16-5-2-8-21(11-16)27-22-17(6-4-10-26-22)12-19(23(27)28)13-20(14-24)18-7-3-9-25-15-18/h2-13,15H,1H3/b20-13+. The minimum atomic E-state index is -0.228. The maximum Gasteiger partial charge on any atom is 0.264 e. The summed E-state index contributed by atoms with van der Waals surface area (Å²) in [4.78, 5) is 21.8. The monoisotopic (exact) mass is 364 g/mol. The summed E-state index contributed by atoms with van der Waals surface area (Å²) in [6.45, 7) is 1.98. The molecule has 0 amide bonds. The van der Waals surface area contributed by atoms with Crippen LogP contribution < -0.4 is 5.56 Å². The van der Waals surface area contributed by atoms with Crippen LogP contribution in [0.4, 0.5) is 0 Å². The van der Waals surface area contributed by atoms with Gasteiger partial charge in [-0.2, -0.15) is 5.26 Å². The Balaban J connectivity index is 2.01. The van der Waals surface area contributed by atoms with Gasteiger partial charge in [0.25, 0.3) is 5.56 Å². The second-order valence-corrected chi connectivity index (χ2v) is 6.41. The molecule has 28 heavy (non-hydrogen) atoms. The first-order chi connectivity index (χ1) is 13.7. The summed E-state index contributed by atoms with van der Waals surface area (Å²) in [5, 5.41) is 10.4. The van der Waals surface area contributed by atoms with Gasteiger partial charge in [0.15, 0.2) is 0 Å². The average Bonchev–Trinajstić information content (AvgIpc) is 2.73. The van der Waals surface area contributed by atoms with Crippen molar-refractivity contribution in [2.45, 2.75) is 6.92 Å². The molecule has 0 spiro atoms. The minimum absolute atomic E-state index is 0.228. The molecule has 0 atom stereocenters. The topological polar surface area (TPSA) is 71.6 Å². The van der Waals surface area contributed by atoms with Crippen LogP contribution in [0.5, 0.6) is 0 Å². The van der Waals surface area contributed by atoms with E-state index in [0.717, 1.165) is 16.6 Å². The summed E-state index contributed by atoms with van der Waals surface area (Å²) in [6.07, 6.45) is 6.53. The number of pyridine rings is 3. The van der Waals surface area contributed by atoms with Gasteiger partial charge in [-0.05, 0) is 55.0 Å². The normalized spacial score (nSPS) is 11.4. The van der Waals surface area contributed by atoms with Gasteiger partial charge in [-0.25, -0.2) is 4.98 Å². The number of aryl methyl sites for hydroxylation is 1. The molecule has 5 heteroatoms. The molecule has 0 aliphatic rings. The van der Waals surface area contributed by atoms with E-state index in [-0.39, 0.29) is 5.56 Å². The molecule has 4 rings (SSSR count). The van der Waals surface area contributed by atoms with E-state index in [1.54, 1.807) is 47.4 Å². The maximum atomic E-state index is 13.3. The Morgan fingerprint density at radius 2 is 1.96 bits per heavy atom. The third kappa shape index (κ3) is 3.19. The molecule has 1 aromatic carbocycles. The molecule has 0 N–H and O–H groups in total. The van der Waals surface area contributed by atoms with Crippen LogP contribution in [0.25, 0.3) is 28.4 Å². The van der Waals surface area contributed by atoms with E-state index in [0.29, 0.717) is 22.3 Å². The van der Waals surface area contributed by atoms with Gasteiger partial charge in [-0.3, -0.25) is 14.3 Å². The lowest BCUT2D eigenvalue weighted by Gasteiger charge is -2.12. The van der Waals surface area contributed by atoms with Gasteiger partial charge >= 0.3 is 0 Å². The molecule has 5 nitrogen and oxygen atoms in total. The first-order valence-corrected chi connectivity index (χ1v) is 8.77. The first kappa shape index (κ1) is 17.4. The van der Waals surface area contributed by atoms with E-state index in [2.05, 4.69) is 16.0 Å². The van der Waals surface area contributed by atoms with Gasteiger partial charge in [-0.1, -0.05) is 18.2 Å². The number of nitrogens with zero attached hydrogens (tertiary/aromatic N) is 4. The Hall–Kier alpha value is -4.04. The number of allylic oxidation sites excluding steroid dienone is 1. The van der Waals surface area contributed by atoms with Crippen molar-refractivity contribution in [2.24, 2.45) is 0 Å². The highest BCUT2D eigenvalue weighted by atomic mass is 16.1. The Bertz CT molecular complexity index is 1300. The molecule has 0 fully saturated rings.